The van der Waals surface area contributed by atoms with Crippen LogP contribution >= 0.6 is 0 Å². The number of rotatable bonds is 15. The first-order valence-corrected chi connectivity index (χ1v) is 11.6. The van der Waals surface area contributed by atoms with Crippen LogP contribution < -0.4 is 21.5 Å². The van der Waals surface area contributed by atoms with Gasteiger partial charge in [-0.05, 0) is 25.5 Å². The van der Waals surface area contributed by atoms with E-state index in [1.807, 2.05) is 0 Å². The topological polar surface area (TPSA) is 190 Å². The Balaban J connectivity index is 2.14. The number of Topliss-reactive ketones (excluding diaryl/α,β-unsaturated/α-hetero) is 1. The van der Waals surface area contributed by atoms with Crippen LogP contribution in [0, 0.1) is 22.5 Å². The van der Waals surface area contributed by atoms with E-state index in [2.05, 4.69) is 20.9 Å². The molecule has 1 aromatic heterocycles. The lowest BCUT2D eigenvalue weighted by molar-refractivity contribution is -0.140. The van der Waals surface area contributed by atoms with Gasteiger partial charge in [-0.3, -0.25) is 23.7 Å². The molecule has 204 valence electrons. The lowest BCUT2D eigenvalue weighted by Crippen LogP contribution is -2.48. The van der Waals surface area contributed by atoms with Gasteiger partial charge in [-0.1, -0.05) is 13.0 Å². The predicted molar refractivity (Wildman–Crippen MR) is 135 cm³/mol. The van der Waals surface area contributed by atoms with Crippen molar-refractivity contribution in [3.63, 3.8) is 0 Å². The van der Waals surface area contributed by atoms with Gasteiger partial charge in [0.2, 0.25) is 5.91 Å². The predicted octanol–water partition coefficient (Wildman–Crippen LogP) is 1.26. The molecule has 0 saturated carbocycles. The number of anilines is 1. The number of carboxylic acids is 1. The normalized spacial score (nSPS) is 12.3. The number of aliphatic carboxylic acids is 1. The van der Waals surface area contributed by atoms with Crippen LogP contribution in [0.1, 0.15) is 38.3 Å². The van der Waals surface area contributed by atoms with Gasteiger partial charge in [-0.25, -0.2) is 13.8 Å². The standard InChI is InChI=1S/C24H29F2N7O5/c1-3-19(33-8-7-30-22(24(33)38)31-11-17(28)13(2)27)23(37)32-18(9-21(35)36)20(34)12-29-10-14-15(25)5-4-6-16(14)26/h4-8,18-19,27-29H,3,9-12H2,1-2H3,(H,30,31)(H,32,37)(H,35,36). The van der Waals surface area contributed by atoms with E-state index in [1.54, 1.807) is 6.92 Å². The molecule has 2 atom stereocenters. The van der Waals surface area contributed by atoms with Crippen LogP contribution in [-0.2, 0) is 20.9 Å². The molecule has 38 heavy (non-hydrogen) atoms. The highest BCUT2D eigenvalue weighted by Crippen LogP contribution is 2.13. The second-order valence-electron chi connectivity index (χ2n) is 8.30. The number of carbonyl (C=O) groups excluding carboxylic acids is 2. The number of carboxylic acid groups (broad SMARTS) is 1. The van der Waals surface area contributed by atoms with Crippen LogP contribution in [0.4, 0.5) is 14.6 Å². The van der Waals surface area contributed by atoms with Gasteiger partial charge < -0.3 is 31.9 Å². The van der Waals surface area contributed by atoms with Crippen LogP contribution in [0.3, 0.4) is 0 Å². The largest absolute Gasteiger partial charge is 0.481 e. The van der Waals surface area contributed by atoms with Gasteiger partial charge in [-0.2, -0.15) is 0 Å². The molecular formula is C24H29F2N7O5. The van der Waals surface area contributed by atoms with Gasteiger partial charge in [0, 0.05) is 24.5 Å². The number of nitrogens with zero attached hydrogens (tertiary/aromatic N) is 2. The highest BCUT2D eigenvalue weighted by atomic mass is 19.1. The van der Waals surface area contributed by atoms with Crippen molar-refractivity contribution in [3.05, 3.63) is 58.1 Å². The van der Waals surface area contributed by atoms with Crippen molar-refractivity contribution in [3.8, 4) is 0 Å². The van der Waals surface area contributed by atoms with E-state index in [4.69, 9.17) is 10.8 Å². The maximum absolute atomic E-state index is 13.8. The Morgan fingerprint density at radius 1 is 1.16 bits per heavy atom. The Bertz CT molecular complexity index is 1260. The Hall–Kier alpha value is -4.33. The summed E-state index contributed by atoms with van der Waals surface area (Å²) in [6.45, 7) is 2.07. The fraction of sp³-hybridized carbons (Fsp3) is 0.375. The zero-order valence-electron chi connectivity index (χ0n) is 20.8. The van der Waals surface area contributed by atoms with E-state index in [1.165, 1.54) is 25.4 Å². The molecule has 14 heteroatoms. The Morgan fingerprint density at radius 3 is 2.39 bits per heavy atom. The SMILES string of the molecule is CCC(C(=O)NC(CC(=O)O)C(=O)CNCc1c(F)cccc1F)n1ccnc(NCC(=N)C(C)=N)c1=O. The molecule has 1 heterocycles. The molecule has 0 fully saturated rings. The molecule has 0 aliphatic carbocycles. The van der Waals surface area contributed by atoms with Crippen LogP contribution in [0.15, 0.2) is 35.4 Å². The molecule has 0 bridgehead atoms. The molecule has 0 aliphatic rings. The Morgan fingerprint density at radius 2 is 1.82 bits per heavy atom. The zero-order chi connectivity index (χ0) is 28.4. The van der Waals surface area contributed by atoms with Crippen LogP contribution in [0.25, 0.3) is 0 Å². The van der Waals surface area contributed by atoms with Crippen molar-refractivity contribution in [2.45, 2.75) is 45.3 Å². The molecule has 2 rings (SSSR count). The summed E-state index contributed by atoms with van der Waals surface area (Å²) in [5.41, 5.74) is -1.05. The average Bonchev–Trinajstić information content (AvgIpc) is 2.85. The first-order valence-electron chi connectivity index (χ1n) is 11.6. The number of halogens is 2. The summed E-state index contributed by atoms with van der Waals surface area (Å²) in [6, 6.07) is 0.706. The molecule has 1 aromatic carbocycles. The number of hydrogen-bond acceptors (Lipinski definition) is 9. The summed E-state index contributed by atoms with van der Waals surface area (Å²) in [7, 11) is 0. The van der Waals surface area contributed by atoms with E-state index in [-0.39, 0.29) is 42.3 Å². The molecule has 0 spiro atoms. The summed E-state index contributed by atoms with van der Waals surface area (Å²) in [5, 5.41) is 31.9. The minimum absolute atomic E-state index is 0.00207. The van der Waals surface area contributed by atoms with Crippen molar-refractivity contribution < 1.29 is 28.3 Å². The van der Waals surface area contributed by atoms with Crippen molar-refractivity contribution >= 4 is 34.9 Å². The number of amides is 1. The van der Waals surface area contributed by atoms with E-state index >= 15 is 0 Å². The first-order chi connectivity index (χ1) is 18.0. The highest BCUT2D eigenvalue weighted by Gasteiger charge is 2.28. The second-order valence-corrected chi connectivity index (χ2v) is 8.30. The number of nitrogens with one attached hydrogen (secondary N) is 5. The molecule has 1 amide bonds. The molecule has 0 aliphatic heterocycles. The fourth-order valence-corrected chi connectivity index (χ4v) is 3.43. The van der Waals surface area contributed by atoms with Gasteiger partial charge in [0.25, 0.3) is 5.56 Å². The molecule has 0 saturated heterocycles. The van der Waals surface area contributed by atoms with E-state index in [9.17, 15) is 33.1 Å². The smallest absolute Gasteiger partial charge is 0.305 e. The lowest BCUT2D eigenvalue weighted by atomic mass is 10.1. The molecule has 2 unspecified atom stereocenters. The van der Waals surface area contributed by atoms with Crippen molar-refractivity contribution in [1.29, 1.82) is 10.8 Å². The number of ketones is 1. The number of benzene rings is 1. The van der Waals surface area contributed by atoms with Gasteiger partial charge in [-0.15, -0.1) is 0 Å². The third-order valence-corrected chi connectivity index (χ3v) is 5.52. The van der Waals surface area contributed by atoms with Gasteiger partial charge >= 0.3 is 5.97 Å². The maximum atomic E-state index is 13.8. The zero-order valence-corrected chi connectivity index (χ0v) is 20.8. The van der Waals surface area contributed by atoms with E-state index < -0.39 is 59.9 Å². The van der Waals surface area contributed by atoms with Crippen molar-refractivity contribution in [2.75, 3.05) is 18.4 Å². The van der Waals surface area contributed by atoms with E-state index in [0.29, 0.717) is 0 Å². The summed E-state index contributed by atoms with van der Waals surface area (Å²) < 4.78 is 28.7. The number of aromatic nitrogens is 2. The quantitative estimate of drug-likeness (QED) is 0.184. The summed E-state index contributed by atoms with van der Waals surface area (Å²) in [6.07, 6.45) is 1.86. The Labute approximate surface area is 216 Å². The fourth-order valence-electron chi connectivity index (χ4n) is 3.43. The minimum atomic E-state index is -1.47. The summed E-state index contributed by atoms with van der Waals surface area (Å²) in [4.78, 5) is 53.9. The molecule has 0 radical (unpaired) electrons. The minimum Gasteiger partial charge on any atom is -0.481 e. The van der Waals surface area contributed by atoms with Gasteiger partial charge in [0.05, 0.1) is 37.0 Å². The molecule has 6 N–H and O–H groups in total. The number of carbonyl (C=O) groups is 3. The maximum Gasteiger partial charge on any atom is 0.305 e. The average molecular weight is 534 g/mol. The van der Waals surface area contributed by atoms with Gasteiger partial charge in [0.15, 0.2) is 11.6 Å². The first kappa shape index (κ1) is 29.9. The van der Waals surface area contributed by atoms with Crippen LogP contribution in [0.5, 0.6) is 0 Å². The van der Waals surface area contributed by atoms with Crippen molar-refractivity contribution in [1.82, 2.24) is 20.2 Å². The lowest BCUT2D eigenvalue weighted by Gasteiger charge is -2.22. The molecular weight excluding hydrogens is 504 g/mol. The van der Waals surface area contributed by atoms with Gasteiger partial charge in [0.1, 0.15) is 17.7 Å². The molecule has 2 aromatic rings. The third-order valence-electron chi connectivity index (χ3n) is 5.52. The molecule has 12 nitrogen and oxygen atoms in total. The Kier molecular flexibility index (Phi) is 10.9. The third kappa shape index (κ3) is 8.09. The summed E-state index contributed by atoms with van der Waals surface area (Å²) in [5.74, 6) is -4.69. The second kappa shape index (κ2) is 13.8. The highest BCUT2D eigenvalue weighted by molar-refractivity contribution is 6.40. The summed E-state index contributed by atoms with van der Waals surface area (Å²) >= 11 is 0. The number of hydrogen-bond donors (Lipinski definition) is 6. The monoisotopic (exact) mass is 533 g/mol. The van der Waals surface area contributed by atoms with Crippen LogP contribution in [-0.4, -0.2) is 62.9 Å². The van der Waals surface area contributed by atoms with Crippen LogP contribution in [0.2, 0.25) is 0 Å². The van der Waals surface area contributed by atoms with Crippen molar-refractivity contribution in [2.24, 2.45) is 0 Å². The van der Waals surface area contributed by atoms with E-state index in [0.717, 1.165) is 16.7 Å².